The quantitative estimate of drug-likeness (QED) is 0.311. The smallest absolute Gasteiger partial charge is 0.309 e. The zero-order chi connectivity index (χ0) is 22.2. The second kappa shape index (κ2) is 11.3. The molecule has 1 fully saturated rings. The Hall–Kier alpha value is -1.31. The van der Waals surface area contributed by atoms with Crippen molar-refractivity contribution in [1.29, 1.82) is 0 Å². The SMILES string of the molecule is Cc1ccc(C)c(CCCCCCC2(C(=O)O)CC2)c1CCCCCCC(C)(C)C. The van der Waals surface area contributed by atoms with Crippen LogP contribution in [0.1, 0.15) is 120 Å². The molecule has 2 nitrogen and oxygen atoms in total. The topological polar surface area (TPSA) is 37.3 Å². The summed E-state index contributed by atoms with van der Waals surface area (Å²) in [5.41, 5.74) is 6.23. The molecule has 1 aliphatic rings. The summed E-state index contributed by atoms with van der Waals surface area (Å²) in [6.07, 6.45) is 16.4. The first-order valence-electron chi connectivity index (χ1n) is 12.5. The lowest BCUT2D eigenvalue weighted by Gasteiger charge is -2.18. The van der Waals surface area contributed by atoms with Crippen LogP contribution in [-0.4, -0.2) is 11.1 Å². The predicted octanol–water partition coefficient (Wildman–Crippen LogP) is 8.20. The molecule has 0 heterocycles. The Morgan fingerprint density at radius 3 is 1.73 bits per heavy atom. The summed E-state index contributed by atoms with van der Waals surface area (Å²) in [4.78, 5) is 11.3. The molecule has 0 aromatic heterocycles. The van der Waals surface area contributed by atoms with Crippen LogP contribution in [0.2, 0.25) is 0 Å². The molecule has 0 bridgehead atoms. The summed E-state index contributed by atoms with van der Waals surface area (Å²) >= 11 is 0. The number of hydrogen-bond donors (Lipinski definition) is 1. The lowest BCUT2D eigenvalue weighted by atomic mass is 9.88. The monoisotopic (exact) mass is 414 g/mol. The highest BCUT2D eigenvalue weighted by Crippen LogP contribution is 2.50. The number of unbranched alkanes of at least 4 members (excludes halogenated alkanes) is 6. The van der Waals surface area contributed by atoms with Gasteiger partial charge < -0.3 is 5.11 Å². The Balaban J connectivity index is 1.73. The fourth-order valence-electron chi connectivity index (χ4n) is 4.77. The predicted molar refractivity (Wildman–Crippen MR) is 128 cm³/mol. The van der Waals surface area contributed by atoms with Gasteiger partial charge in [0.1, 0.15) is 0 Å². The number of benzene rings is 1. The minimum Gasteiger partial charge on any atom is -0.481 e. The molecule has 0 saturated heterocycles. The van der Waals surface area contributed by atoms with Crippen molar-refractivity contribution in [2.75, 3.05) is 0 Å². The third-order valence-electron chi connectivity index (χ3n) is 7.14. The molecular weight excluding hydrogens is 368 g/mol. The first kappa shape index (κ1) is 25.0. The molecule has 0 atom stereocenters. The maximum atomic E-state index is 11.3. The average Bonchev–Trinajstić information content (AvgIpc) is 3.45. The molecule has 0 amide bonds. The van der Waals surface area contributed by atoms with Crippen LogP contribution in [0.4, 0.5) is 0 Å². The third-order valence-corrected chi connectivity index (χ3v) is 7.14. The van der Waals surface area contributed by atoms with Gasteiger partial charge in [-0.1, -0.05) is 71.4 Å². The zero-order valence-electron chi connectivity index (χ0n) is 20.4. The van der Waals surface area contributed by atoms with E-state index in [1.165, 1.54) is 75.3 Å². The summed E-state index contributed by atoms with van der Waals surface area (Å²) in [5.74, 6) is -0.569. The van der Waals surface area contributed by atoms with Gasteiger partial charge in [-0.15, -0.1) is 0 Å². The van der Waals surface area contributed by atoms with Crippen molar-refractivity contribution in [3.05, 3.63) is 34.4 Å². The number of carbonyl (C=O) groups is 1. The molecule has 170 valence electrons. The molecule has 0 radical (unpaired) electrons. The second-order valence-corrected chi connectivity index (χ2v) is 11.1. The number of rotatable bonds is 14. The van der Waals surface area contributed by atoms with Crippen molar-refractivity contribution < 1.29 is 9.90 Å². The highest BCUT2D eigenvalue weighted by molar-refractivity contribution is 5.77. The maximum absolute atomic E-state index is 11.3. The van der Waals surface area contributed by atoms with Crippen LogP contribution < -0.4 is 0 Å². The van der Waals surface area contributed by atoms with Crippen LogP contribution in [0.15, 0.2) is 12.1 Å². The minimum absolute atomic E-state index is 0.340. The van der Waals surface area contributed by atoms with E-state index in [0.29, 0.717) is 5.41 Å². The van der Waals surface area contributed by atoms with Crippen LogP contribution in [-0.2, 0) is 17.6 Å². The van der Waals surface area contributed by atoms with E-state index in [0.717, 1.165) is 25.7 Å². The lowest BCUT2D eigenvalue weighted by Crippen LogP contribution is -2.14. The zero-order valence-corrected chi connectivity index (χ0v) is 20.4. The van der Waals surface area contributed by atoms with Crippen LogP contribution >= 0.6 is 0 Å². The van der Waals surface area contributed by atoms with E-state index >= 15 is 0 Å². The van der Waals surface area contributed by atoms with Crippen molar-refractivity contribution in [3.63, 3.8) is 0 Å². The Kier molecular flexibility index (Phi) is 9.44. The van der Waals surface area contributed by atoms with Gasteiger partial charge in [-0.2, -0.15) is 0 Å². The maximum Gasteiger partial charge on any atom is 0.309 e. The van der Waals surface area contributed by atoms with E-state index in [-0.39, 0.29) is 5.41 Å². The van der Waals surface area contributed by atoms with Gasteiger partial charge in [0.25, 0.3) is 0 Å². The standard InChI is InChI=1S/C28H46O2/c1-22-16-17-23(2)25(24(22)14-10-6-8-12-18-27(3,4)5)15-11-7-9-13-19-28(20-21-28)26(29)30/h16-17H,6-15,18-21H2,1-5H3,(H,29,30). The van der Waals surface area contributed by atoms with Gasteiger partial charge in [0.15, 0.2) is 0 Å². The number of aryl methyl sites for hydroxylation is 2. The molecule has 30 heavy (non-hydrogen) atoms. The van der Waals surface area contributed by atoms with E-state index in [1.807, 2.05) is 0 Å². The van der Waals surface area contributed by atoms with Crippen molar-refractivity contribution in [2.45, 2.75) is 125 Å². The van der Waals surface area contributed by atoms with E-state index in [4.69, 9.17) is 0 Å². The molecule has 0 aliphatic heterocycles. The van der Waals surface area contributed by atoms with Crippen molar-refractivity contribution >= 4 is 5.97 Å². The molecule has 2 heteroatoms. The Morgan fingerprint density at radius 1 is 0.833 bits per heavy atom. The first-order valence-corrected chi connectivity index (χ1v) is 12.5. The Bertz CT molecular complexity index is 677. The lowest BCUT2D eigenvalue weighted by molar-refractivity contribution is -0.143. The van der Waals surface area contributed by atoms with Crippen LogP contribution in [0.25, 0.3) is 0 Å². The number of aliphatic carboxylic acids is 1. The molecule has 1 aliphatic carbocycles. The molecule has 1 aromatic carbocycles. The van der Waals surface area contributed by atoms with Gasteiger partial charge in [0.05, 0.1) is 5.41 Å². The highest BCUT2D eigenvalue weighted by atomic mass is 16.4. The van der Waals surface area contributed by atoms with Crippen molar-refractivity contribution in [2.24, 2.45) is 10.8 Å². The minimum atomic E-state index is -0.569. The summed E-state index contributed by atoms with van der Waals surface area (Å²) < 4.78 is 0. The van der Waals surface area contributed by atoms with Gasteiger partial charge in [-0.3, -0.25) is 4.79 Å². The Labute approximate surface area is 185 Å². The molecular formula is C28H46O2. The first-order chi connectivity index (χ1) is 14.1. The Morgan fingerprint density at radius 2 is 1.30 bits per heavy atom. The van der Waals surface area contributed by atoms with Crippen molar-refractivity contribution in [1.82, 2.24) is 0 Å². The van der Waals surface area contributed by atoms with Gasteiger partial charge in [0, 0.05) is 0 Å². The van der Waals surface area contributed by atoms with Crippen molar-refractivity contribution in [3.8, 4) is 0 Å². The number of carboxylic acids is 1. The third kappa shape index (κ3) is 8.08. The molecule has 0 spiro atoms. The van der Waals surface area contributed by atoms with Gasteiger partial charge in [-0.25, -0.2) is 0 Å². The largest absolute Gasteiger partial charge is 0.481 e. The van der Waals surface area contributed by atoms with Gasteiger partial charge >= 0.3 is 5.97 Å². The normalized spacial score (nSPS) is 15.4. The summed E-state index contributed by atoms with van der Waals surface area (Å²) in [5, 5.41) is 9.30. The fourth-order valence-corrected chi connectivity index (χ4v) is 4.77. The van der Waals surface area contributed by atoms with E-state index in [1.54, 1.807) is 11.1 Å². The van der Waals surface area contributed by atoms with Crippen LogP contribution in [0.5, 0.6) is 0 Å². The van der Waals surface area contributed by atoms with Crippen LogP contribution in [0, 0.1) is 24.7 Å². The molecule has 2 rings (SSSR count). The van der Waals surface area contributed by atoms with Crippen LogP contribution in [0.3, 0.4) is 0 Å². The van der Waals surface area contributed by atoms with E-state index in [2.05, 4.69) is 46.8 Å². The molecule has 1 aromatic rings. The molecule has 1 saturated carbocycles. The van der Waals surface area contributed by atoms with Gasteiger partial charge in [-0.05, 0) is 92.9 Å². The number of carboxylic acid groups (broad SMARTS) is 1. The number of hydrogen-bond acceptors (Lipinski definition) is 1. The fraction of sp³-hybridized carbons (Fsp3) is 0.750. The average molecular weight is 415 g/mol. The summed E-state index contributed by atoms with van der Waals surface area (Å²) in [7, 11) is 0. The van der Waals surface area contributed by atoms with E-state index < -0.39 is 5.97 Å². The van der Waals surface area contributed by atoms with Gasteiger partial charge in [0.2, 0.25) is 0 Å². The second-order valence-electron chi connectivity index (χ2n) is 11.1. The molecule has 0 unspecified atom stereocenters. The van der Waals surface area contributed by atoms with E-state index in [9.17, 15) is 9.90 Å². The molecule has 1 N–H and O–H groups in total. The summed E-state index contributed by atoms with van der Waals surface area (Å²) in [6, 6.07) is 4.59. The highest BCUT2D eigenvalue weighted by Gasteiger charge is 2.49. The summed E-state index contributed by atoms with van der Waals surface area (Å²) in [6.45, 7) is 11.6.